The van der Waals surface area contributed by atoms with Crippen molar-refractivity contribution < 1.29 is 8.42 Å². The molecule has 2 heterocycles. The standard InChI is InChI=1S/C17H21ClN2O2S2/c18-16-8-9-17(23-16)24(21,22)19-12-14-6-2-3-7-15(14)13-20-10-4-1-5-11-20/h2-3,6-9,19H,1,4-5,10-13H2. The van der Waals surface area contributed by atoms with Crippen molar-refractivity contribution in [2.75, 3.05) is 13.1 Å². The summed E-state index contributed by atoms with van der Waals surface area (Å²) in [6.45, 7) is 3.41. The Morgan fingerprint density at radius 3 is 2.42 bits per heavy atom. The van der Waals surface area contributed by atoms with Crippen LogP contribution in [-0.2, 0) is 23.1 Å². The summed E-state index contributed by atoms with van der Waals surface area (Å²) in [4.78, 5) is 2.44. The van der Waals surface area contributed by atoms with Crippen LogP contribution in [0.1, 0.15) is 30.4 Å². The van der Waals surface area contributed by atoms with Crippen LogP contribution in [0.15, 0.2) is 40.6 Å². The molecule has 0 amide bonds. The quantitative estimate of drug-likeness (QED) is 0.822. The maximum absolute atomic E-state index is 12.4. The molecule has 0 aliphatic carbocycles. The van der Waals surface area contributed by atoms with Gasteiger partial charge in [0.1, 0.15) is 4.21 Å². The highest BCUT2D eigenvalue weighted by Gasteiger charge is 2.18. The molecule has 1 aromatic carbocycles. The first-order valence-corrected chi connectivity index (χ1v) is 10.8. The summed E-state index contributed by atoms with van der Waals surface area (Å²) in [5, 5.41) is 0. The minimum atomic E-state index is -3.52. The monoisotopic (exact) mass is 384 g/mol. The van der Waals surface area contributed by atoms with Crippen LogP contribution in [-0.4, -0.2) is 26.4 Å². The number of halogens is 1. The summed E-state index contributed by atoms with van der Waals surface area (Å²) < 4.78 is 28.1. The average Bonchev–Trinajstić information content (AvgIpc) is 3.03. The Hall–Kier alpha value is -0.920. The SMILES string of the molecule is O=S(=O)(NCc1ccccc1CN1CCCCC1)c1ccc(Cl)s1. The number of nitrogens with zero attached hydrogens (tertiary/aromatic N) is 1. The fourth-order valence-electron chi connectivity index (χ4n) is 2.93. The highest BCUT2D eigenvalue weighted by atomic mass is 35.5. The molecular formula is C17H21ClN2O2S2. The molecule has 0 unspecified atom stereocenters. The molecule has 0 radical (unpaired) electrons. The molecule has 0 saturated carbocycles. The molecule has 1 fully saturated rings. The van der Waals surface area contributed by atoms with E-state index < -0.39 is 10.0 Å². The minimum Gasteiger partial charge on any atom is -0.299 e. The van der Waals surface area contributed by atoms with E-state index in [0.717, 1.165) is 36.5 Å². The number of piperidine rings is 1. The van der Waals surface area contributed by atoms with Gasteiger partial charge >= 0.3 is 0 Å². The predicted octanol–water partition coefficient (Wildman–Crippen LogP) is 3.87. The second-order valence-corrected chi connectivity index (χ2v) is 9.70. The third-order valence-electron chi connectivity index (χ3n) is 4.23. The van der Waals surface area contributed by atoms with E-state index in [9.17, 15) is 8.42 Å². The van der Waals surface area contributed by atoms with Crippen LogP contribution < -0.4 is 4.72 Å². The molecule has 3 rings (SSSR count). The molecule has 0 bridgehead atoms. The first-order valence-electron chi connectivity index (χ1n) is 8.09. The highest BCUT2D eigenvalue weighted by Crippen LogP contribution is 2.25. The Kier molecular flexibility index (Phi) is 5.94. The van der Waals surface area contributed by atoms with E-state index in [1.54, 1.807) is 6.07 Å². The summed E-state index contributed by atoms with van der Waals surface area (Å²) in [7, 11) is -3.52. The molecular weight excluding hydrogens is 364 g/mol. The Bertz CT molecular complexity index is 783. The van der Waals surface area contributed by atoms with Crippen molar-refractivity contribution >= 4 is 33.0 Å². The van der Waals surface area contributed by atoms with Crippen LogP contribution in [0.5, 0.6) is 0 Å². The molecule has 1 aliphatic heterocycles. The molecule has 1 N–H and O–H groups in total. The molecule has 24 heavy (non-hydrogen) atoms. The first-order chi connectivity index (χ1) is 11.5. The van der Waals surface area contributed by atoms with Gasteiger partial charge in [-0.15, -0.1) is 11.3 Å². The predicted molar refractivity (Wildman–Crippen MR) is 98.9 cm³/mol. The molecule has 7 heteroatoms. The van der Waals surface area contributed by atoms with E-state index in [0.29, 0.717) is 10.9 Å². The number of rotatable bonds is 6. The van der Waals surface area contributed by atoms with Gasteiger partial charge in [0.15, 0.2) is 0 Å². The van der Waals surface area contributed by atoms with Crippen molar-refractivity contribution in [3.8, 4) is 0 Å². The Morgan fingerprint density at radius 2 is 1.75 bits per heavy atom. The van der Waals surface area contributed by atoms with Gasteiger partial charge in [0, 0.05) is 13.1 Å². The number of hydrogen-bond acceptors (Lipinski definition) is 4. The van der Waals surface area contributed by atoms with Crippen LogP contribution in [0, 0.1) is 0 Å². The lowest BCUT2D eigenvalue weighted by atomic mass is 10.1. The molecule has 130 valence electrons. The number of likely N-dealkylation sites (tertiary alicyclic amines) is 1. The van der Waals surface area contributed by atoms with Crippen LogP contribution >= 0.6 is 22.9 Å². The molecule has 0 spiro atoms. The van der Waals surface area contributed by atoms with Gasteiger partial charge in [-0.25, -0.2) is 13.1 Å². The molecule has 1 aromatic heterocycles. The third kappa shape index (κ3) is 4.58. The Labute approximate surface area is 152 Å². The van der Waals surface area contributed by atoms with Crippen molar-refractivity contribution in [2.24, 2.45) is 0 Å². The van der Waals surface area contributed by atoms with Gasteiger partial charge in [-0.3, -0.25) is 4.90 Å². The van der Waals surface area contributed by atoms with E-state index in [1.807, 2.05) is 18.2 Å². The summed E-state index contributed by atoms with van der Waals surface area (Å²) >= 11 is 6.91. The normalized spacial score (nSPS) is 16.4. The number of benzene rings is 1. The van der Waals surface area contributed by atoms with Crippen molar-refractivity contribution in [1.29, 1.82) is 0 Å². The Morgan fingerprint density at radius 1 is 1.04 bits per heavy atom. The molecule has 2 aromatic rings. The second-order valence-electron chi connectivity index (χ2n) is 5.99. The van der Waals surface area contributed by atoms with Gasteiger partial charge in [0.25, 0.3) is 0 Å². The zero-order valence-electron chi connectivity index (χ0n) is 13.4. The van der Waals surface area contributed by atoms with E-state index in [1.165, 1.54) is 30.9 Å². The van der Waals surface area contributed by atoms with Crippen LogP contribution in [0.25, 0.3) is 0 Å². The second kappa shape index (κ2) is 7.97. The molecule has 1 saturated heterocycles. The van der Waals surface area contributed by atoms with Gasteiger partial charge in [-0.1, -0.05) is 42.3 Å². The van der Waals surface area contributed by atoms with E-state index >= 15 is 0 Å². The van der Waals surface area contributed by atoms with Gasteiger partial charge in [0.05, 0.1) is 4.34 Å². The fraction of sp³-hybridized carbons (Fsp3) is 0.412. The third-order valence-corrected chi connectivity index (χ3v) is 7.35. The van der Waals surface area contributed by atoms with Gasteiger partial charge in [-0.2, -0.15) is 0 Å². The van der Waals surface area contributed by atoms with E-state index in [2.05, 4.69) is 15.7 Å². The number of thiophene rings is 1. The van der Waals surface area contributed by atoms with Crippen molar-refractivity contribution in [3.63, 3.8) is 0 Å². The van der Waals surface area contributed by atoms with E-state index in [-0.39, 0.29) is 4.21 Å². The van der Waals surface area contributed by atoms with Gasteiger partial charge < -0.3 is 0 Å². The zero-order valence-corrected chi connectivity index (χ0v) is 15.8. The maximum Gasteiger partial charge on any atom is 0.250 e. The lowest BCUT2D eigenvalue weighted by Gasteiger charge is -2.27. The van der Waals surface area contributed by atoms with Crippen molar-refractivity contribution in [3.05, 3.63) is 51.9 Å². The molecule has 0 atom stereocenters. The highest BCUT2D eigenvalue weighted by molar-refractivity contribution is 7.91. The number of nitrogens with one attached hydrogen (secondary N) is 1. The van der Waals surface area contributed by atoms with Crippen molar-refractivity contribution in [2.45, 2.75) is 36.6 Å². The Balaban J connectivity index is 1.68. The summed E-state index contributed by atoms with van der Waals surface area (Å²) in [6.07, 6.45) is 3.79. The average molecular weight is 385 g/mol. The van der Waals surface area contributed by atoms with Crippen LogP contribution in [0.4, 0.5) is 0 Å². The maximum atomic E-state index is 12.4. The summed E-state index contributed by atoms with van der Waals surface area (Å²) in [5.41, 5.74) is 2.21. The summed E-state index contributed by atoms with van der Waals surface area (Å²) in [5.74, 6) is 0. The smallest absolute Gasteiger partial charge is 0.250 e. The lowest BCUT2D eigenvalue weighted by Crippen LogP contribution is -2.30. The topological polar surface area (TPSA) is 49.4 Å². The van der Waals surface area contributed by atoms with Crippen LogP contribution in [0.2, 0.25) is 4.34 Å². The zero-order chi connectivity index (χ0) is 17.0. The molecule has 4 nitrogen and oxygen atoms in total. The van der Waals surface area contributed by atoms with Crippen molar-refractivity contribution in [1.82, 2.24) is 9.62 Å². The number of hydrogen-bond donors (Lipinski definition) is 1. The van der Waals surface area contributed by atoms with Gasteiger partial charge in [0.2, 0.25) is 10.0 Å². The lowest BCUT2D eigenvalue weighted by molar-refractivity contribution is 0.220. The number of sulfonamides is 1. The van der Waals surface area contributed by atoms with Gasteiger partial charge in [-0.05, 0) is 49.2 Å². The largest absolute Gasteiger partial charge is 0.299 e. The molecule has 1 aliphatic rings. The first kappa shape index (κ1) is 17.9. The minimum absolute atomic E-state index is 0.251. The van der Waals surface area contributed by atoms with E-state index in [4.69, 9.17) is 11.6 Å². The fourth-order valence-corrected chi connectivity index (χ4v) is 5.46. The summed E-state index contributed by atoms with van der Waals surface area (Å²) in [6, 6.07) is 11.2. The van der Waals surface area contributed by atoms with Crippen LogP contribution in [0.3, 0.4) is 0 Å².